The summed E-state index contributed by atoms with van der Waals surface area (Å²) in [7, 11) is 6.27. The summed E-state index contributed by atoms with van der Waals surface area (Å²) >= 11 is 0. The lowest BCUT2D eigenvalue weighted by Crippen LogP contribution is -2.49. The van der Waals surface area contributed by atoms with Crippen molar-refractivity contribution >= 4 is 29.7 Å². The van der Waals surface area contributed by atoms with Gasteiger partial charge in [0.1, 0.15) is 11.3 Å². The van der Waals surface area contributed by atoms with E-state index in [0.29, 0.717) is 104 Å². The molecular formula is C57H62ClF2N3O6. The highest BCUT2D eigenvalue weighted by molar-refractivity contribution is 6.03. The molecule has 12 heteroatoms. The molecule has 5 aromatic rings. The van der Waals surface area contributed by atoms with Crippen molar-refractivity contribution in [3.8, 4) is 34.1 Å². The van der Waals surface area contributed by atoms with Gasteiger partial charge in [0.05, 0.1) is 35.0 Å². The van der Waals surface area contributed by atoms with E-state index in [1.54, 1.807) is 40.6 Å². The number of alkyl halides is 2. The SMILES string of the molecule is COc1cc2c(cc1OC)C(=O)C(CC1(F)CC3CCC(C1)N3Cc1ccc(-c3ccccc3)cc1)C2.Cl.[C-]#[N+]c1ccccc1CN1CCC(F)(CC2Cc3cc(OC)c(OC)cc3C2=O)CC1. The molecule has 3 saturated heterocycles. The summed E-state index contributed by atoms with van der Waals surface area (Å²) in [4.78, 5) is 34.5. The van der Waals surface area contributed by atoms with Gasteiger partial charge in [-0.1, -0.05) is 78.9 Å². The molecule has 0 radical (unpaired) electrons. The van der Waals surface area contributed by atoms with E-state index >= 15 is 8.78 Å². The summed E-state index contributed by atoms with van der Waals surface area (Å²) < 4.78 is 53.5. The molecule has 0 aromatic heterocycles. The number of para-hydroxylation sites is 1. The third kappa shape index (κ3) is 10.5. The Bertz CT molecular complexity index is 2670. The van der Waals surface area contributed by atoms with Gasteiger partial charge in [-0.3, -0.25) is 14.5 Å². The lowest BCUT2D eigenvalue weighted by Gasteiger charge is -2.43. The minimum absolute atomic E-state index is 0. The second-order valence-corrected chi connectivity index (χ2v) is 19.5. The normalized spacial score (nSPS) is 23.4. The van der Waals surface area contributed by atoms with Crippen molar-refractivity contribution in [3.05, 3.63) is 148 Å². The Labute approximate surface area is 411 Å². The van der Waals surface area contributed by atoms with Crippen LogP contribution in [-0.2, 0) is 25.9 Å². The van der Waals surface area contributed by atoms with Crippen LogP contribution in [0.15, 0.2) is 103 Å². The van der Waals surface area contributed by atoms with Gasteiger partial charge in [0.15, 0.2) is 40.3 Å². The van der Waals surface area contributed by atoms with E-state index < -0.39 is 11.3 Å². The van der Waals surface area contributed by atoms with Crippen molar-refractivity contribution in [2.75, 3.05) is 41.5 Å². The zero-order valence-electron chi connectivity index (χ0n) is 40.0. The zero-order valence-corrected chi connectivity index (χ0v) is 40.8. The summed E-state index contributed by atoms with van der Waals surface area (Å²) in [5.74, 6) is 1.68. The fourth-order valence-electron chi connectivity index (χ4n) is 11.8. The second kappa shape index (κ2) is 21.1. The van der Waals surface area contributed by atoms with Crippen molar-refractivity contribution in [2.24, 2.45) is 11.8 Å². The smallest absolute Gasteiger partial charge is 0.191 e. The van der Waals surface area contributed by atoms with Crippen LogP contribution in [0, 0.1) is 18.4 Å². The highest BCUT2D eigenvalue weighted by Gasteiger charge is 2.51. The van der Waals surface area contributed by atoms with Crippen molar-refractivity contribution < 1.29 is 37.3 Å². The Morgan fingerprint density at radius 3 is 1.62 bits per heavy atom. The second-order valence-electron chi connectivity index (χ2n) is 19.5. The number of ether oxygens (including phenoxy) is 4. The third-order valence-corrected chi connectivity index (χ3v) is 15.3. The number of fused-ring (bicyclic) bond motifs is 4. The lowest BCUT2D eigenvalue weighted by molar-refractivity contribution is -0.00653. The molecule has 3 fully saturated rings. The average Bonchev–Trinajstić information content (AvgIpc) is 3.92. The number of nitrogens with zero attached hydrogens (tertiary/aromatic N) is 3. The molecule has 4 atom stereocenters. The number of halogens is 3. The first-order chi connectivity index (χ1) is 32.9. The van der Waals surface area contributed by atoms with Crippen LogP contribution in [0.5, 0.6) is 23.0 Å². The van der Waals surface area contributed by atoms with E-state index in [-0.39, 0.29) is 54.3 Å². The maximum atomic E-state index is 16.4. The Morgan fingerprint density at radius 1 is 0.623 bits per heavy atom. The van der Waals surface area contributed by atoms with Gasteiger partial charge in [-0.05, 0) is 122 Å². The number of benzene rings is 5. The number of Topliss-reactive ketones (excluding diaryl/α,β-unsaturated/α-hetero) is 2. The van der Waals surface area contributed by atoms with Crippen molar-refractivity contribution in [2.45, 2.75) is 101 Å². The van der Waals surface area contributed by atoms with Gasteiger partial charge in [-0.15, -0.1) is 12.4 Å². The number of likely N-dealkylation sites (tertiary alicyclic amines) is 1. The van der Waals surface area contributed by atoms with Gasteiger partial charge in [0, 0.05) is 61.2 Å². The van der Waals surface area contributed by atoms with E-state index in [0.717, 1.165) is 36.1 Å². The van der Waals surface area contributed by atoms with Gasteiger partial charge in [0.25, 0.3) is 0 Å². The molecule has 69 heavy (non-hydrogen) atoms. The van der Waals surface area contributed by atoms with Crippen LogP contribution in [0.3, 0.4) is 0 Å². The van der Waals surface area contributed by atoms with Crippen molar-refractivity contribution in [1.29, 1.82) is 0 Å². The molecule has 3 heterocycles. The molecule has 0 saturated carbocycles. The first-order valence-corrected chi connectivity index (χ1v) is 24.0. The van der Waals surface area contributed by atoms with Gasteiger partial charge in [-0.25, -0.2) is 13.6 Å². The molecule has 2 aliphatic carbocycles. The number of hydrogen-bond acceptors (Lipinski definition) is 8. The number of carbonyl (C=O) groups is 2. The fourth-order valence-corrected chi connectivity index (χ4v) is 11.8. The molecule has 10 rings (SSSR count). The summed E-state index contributed by atoms with van der Waals surface area (Å²) in [5, 5.41) is 0. The van der Waals surface area contributed by atoms with Gasteiger partial charge >= 0.3 is 0 Å². The van der Waals surface area contributed by atoms with Gasteiger partial charge < -0.3 is 23.8 Å². The Morgan fingerprint density at radius 2 is 1.10 bits per heavy atom. The van der Waals surface area contributed by atoms with Crippen molar-refractivity contribution in [3.63, 3.8) is 0 Å². The van der Waals surface area contributed by atoms with Crippen LogP contribution in [0.2, 0.25) is 0 Å². The predicted octanol–water partition coefficient (Wildman–Crippen LogP) is 12.1. The minimum Gasteiger partial charge on any atom is -0.493 e. The average molecular weight is 959 g/mol. The molecule has 5 aromatic carbocycles. The van der Waals surface area contributed by atoms with E-state index in [1.165, 1.54) is 16.7 Å². The van der Waals surface area contributed by atoms with E-state index in [2.05, 4.69) is 63.2 Å². The number of methoxy groups -OCH3 is 4. The molecular weight excluding hydrogens is 896 g/mol. The van der Waals surface area contributed by atoms with Crippen LogP contribution in [0.1, 0.15) is 94.3 Å². The highest BCUT2D eigenvalue weighted by Crippen LogP contribution is 2.49. The Hall–Kier alpha value is -5.80. The molecule has 0 spiro atoms. The first-order valence-electron chi connectivity index (χ1n) is 24.0. The summed E-state index contributed by atoms with van der Waals surface area (Å²) in [6, 6.07) is 34.4. The Balaban J connectivity index is 0.000000186. The molecule has 362 valence electrons. The maximum absolute atomic E-state index is 16.4. The molecule has 2 bridgehead atoms. The van der Waals surface area contributed by atoms with Crippen LogP contribution in [-0.4, -0.2) is 86.3 Å². The highest BCUT2D eigenvalue weighted by atomic mass is 35.5. The van der Waals surface area contributed by atoms with E-state index in [9.17, 15) is 9.59 Å². The number of carbonyl (C=O) groups excluding carboxylic acids is 2. The maximum Gasteiger partial charge on any atom is 0.191 e. The van der Waals surface area contributed by atoms with Gasteiger partial charge in [-0.2, -0.15) is 0 Å². The Kier molecular flexibility index (Phi) is 15.1. The fraction of sp³-hybridized carbons (Fsp3) is 0.421. The minimum atomic E-state index is -1.34. The molecule has 5 aliphatic rings. The number of piperidine rings is 2. The van der Waals surface area contributed by atoms with E-state index in [1.807, 2.05) is 42.5 Å². The quantitative estimate of drug-likeness (QED) is 0.108. The monoisotopic (exact) mass is 957 g/mol. The van der Waals surface area contributed by atoms with Crippen molar-refractivity contribution in [1.82, 2.24) is 9.80 Å². The first kappa shape index (κ1) is 49.6. The van der Waals surface area contributed by atoms with Gasteiger partial charge in [0.2, 0.25) is 0 Å². The number of ketones is 2. The lowest BCUT2D eigenvalue weighted by atomic mass is 9.79. The third-order valence-electron chi connectivity index (χ3n) is 15.3. The molecule has 3 aliphatic heterocycles. The molecule has 0 N–H and O–H groups in total. The zero-order chi connectivity index (χ0) is 47.6. The van der Waals surface area contributed by atoms with Crippen LogP contribution in [0.4, 0.5) is 14.5 Å². The van der Waals surface area contributed by atoms with E-state index in [4.69, 9.17) is 25.5 Å². The standard InChI is InChI=1S/C32H34FNO3.C25H27FN2O3.ClH/c1-36-29-15-24-14-25(31(35)28(24)16-30(29)37-2)17-32(33)18-26-12-13-27(19-32)34(26)20-21-8-10-23(11-9-21)22-6-4-3-5-7-22;1-27-21-7-5-4-6-17(21)16-28-10-8-25(26,9-11-28)15-19-12-18-13-22(30-2)23(31-3)14-20(18)24(19)29;/h3-11,15-16,25-27H,12-14,17-20H2,1-2H3;4-7,13-14,19H,8-12,15-16H2,2-3H3;1H. The number of hydrogen-bond donors (Lipinski definition) is 0. The summed E-state index contributed by atoms with van der Waals surface area (Å²) in [6.07, 6.45) is 5.57. The van der Waals surface area contributed by atoms with Crippen LogP contribution >= 0.6 is 12.4 Å². The summed E-state index contributed by atoms with van der Waals surface area (Å²) in [5.41, 5.74) is 5.83. The molecule has 0 amide bonds. The van der Waals surface area contributed by atoms with Crippen LogP contribution in [0.25, 0.3) is 16.0 Å². The molecule has 4 unspecified atom stereocenters. The topological polar surface area (TPSA) is 81.9 Å². The number of rotatable bonds is 13. The largest absolute Gasteiger partial charge is 0.493 e. The predicted molar refractivity (Wildman–Crippen MR) is 267 cm³/mol. The van der Waals surface area contributed by atoms with Crippen LogP contribution < -0.4 is 18.9 Å². The molecule has 9 nitrogen and oxygen atoms in total. The summed E-state index contributed by atoms with van der Waals surface area (Å²) in [6.45, 7) is 10.1.